The first kappa shape index (κ1) is 13.8. The number of thiazole rings is 1. The molecule has 0 spiro atoms. The van der Waals surface area contributed by atoms with Crippen LogP contribution in [-0.4, -0.2) is 18.1 Å². The molecule has 0 radical (unpaired) electrons. The summed E-state index contributed by atoms with van der Waals surface area (Å²) in [6.45, 7) is 2.02. The van der Waals surface area contributed by atoms with E-state index in [1.165, 1.54) is 24.6 Å². The molecule has 1 N–H and O–H groups in total. The van der Waals surface area contributed by atoms with Crippen molar-refractivity contribution in [1.29, 1.82) is 0 Å². The quantitative estimate of drug-likeness (QED) is 0.873. The number of nitrogens with zero attached hydrogens (tertiary/aromatic N) is 1. The van der Waals surface area contributed by atoms with Crippen molar-refractivity contribution in [2.75, 3.05) is 12.4 Å². The number of carbonyl (C=O) groups excluding carboxylic acids is 1. The highest BCUT2D eigenvalue weighted by Crippen LogP contribution is 2.24. The molecule has 6 heteroatoms. The van der Waals surface area contributed by atoms with Crippen LogP contribution in [0.1, 0.15) is 28.2 Å². The van der Waals surface area contributed by atoms with E-state index in [9.17, 15) is 4.79 Å². The Morgan fingerprint density at radius 1 is 1.42 bits per heavy atom. The third kappa shape index (κ3) is 3.45. The molecule has 0 amide bonds. The number of carbonyl (C=O) groups is 1. The minimum absolute atomic E-state index is 0.0777. The van der Waals surface area contributed by atoms with Crippen molar-refractivity contribution in [2.45, 2.75) is 13.0 Å². The molecule has 1 heterocycles. The van der Waals surface area contributed by atoms with Crippen molar-refractivity contribution in [2.24, 2.45) is 0 Å². The van der Waals surface area contributed by atoms with Crippen LogP contribution in [0.4, 0.5) is 5.13 Å². The predicted octanol–water partition coefficient (Wildman–Crippen LogP) is 3.76. The van der Waals surface area contributed by atoms with E-state index in [4.69, 9.17) is 11.6 Å². The summed E-state index contributed by atoms with van der Waals surface area (Å²) < 4.78 is 4.64. The molecule has 0 saturated heterocycles. The van der Waals surface area contributed by atoms with E-state index in [0.717, 1.165) is 5.56 Å². The maximum atomic E-state index is 11.3. The lowest BCUT2D eigenvalue weighted by Gasteiger charge is -2.13. The number of benzene rings is 1. The van der Waals surface area contributed by atoms with Crippen LogP contribution >= 0.6 is 22.9 Å². The Labute approximate surface area is 120 Å². The van der Waals surface area contributed by atoms with Gasteiger partial charge in [0.05, 0.1) is 19.3 Å². The average Bonchev–Trinajstić information content (AvgIpc) is 2.87. The van der Waals surface area contributed by atoms with Crippen LogP contribution in [0, 0.1) is 0 Å². The molecule has 0 aliphatic rings. The van der Waals surface area contributed by atoms with E-state index in [2.05, 4.69) is 15.0 Å². The van der Waals surface area contributed by atoms with E-state index in [1.807, 2.05) is 31.2 Å². The van der Waals surface area contributed by atoms with Crippen molar-refractivity contribution in [1.82, 2.24) is 4.98 Å². The van der Waals surface area contributed by atoms with Crippen LogP contribution in [0.3, 0.4) is 0 Å². The molecular formula is C13H13ClN2O2S. The molecule has 2 rings (SSSR count). The fourth-order valence-electron chi connectivity index (χ4n) is 1.56. The average molecular weight is 297 g/mol. The van der Waals surface area contributed by atoms with E-state index in [-0.39, 0.29) is 12.0 Å². The summed E-state index contributed by atoms with van der Waals surface area (Å²) >= 11 is 7.12. The third-order valence-corrected chi connectivity index (χ3v) is 3.76. The zero-order valence-corrected chi connectivity index (χ0v) is 12.1. The Balaban J connectivity index is 2.06. The predicted molar refractivity (Wildman–Crippen MR) is 76.9 cm³/mol. The van der Waals surface area contributed by atoms with Gasteiger partial charge >= 0.3 is 5.97 Å². The van der Waals surface area contributed by atoms with Crippen molar-refractivity contribution in [3.63, 3.8) is 0 Å². The summed E-state index contributed by atoms with van der Waals surface area (Å²) in [7, 11) is 1.35. The van der Waals surface area contributed by atoms with Crippen LogP contribution in [0.5, 0.6) is 0 Å². The number of hydrogen-bond acceptors (Lipinski definition) is 5. The van der Waals surface area contributed by atoms with Crippen molar-refractivity contribution >= 4 is 34.0 Å². The largest absolute Gasteiger partial charge is 0.465 e. The van der Waals surface area contributed by atoms with Crippen molar-refractivity contribution < 1.29 is 9.53 Å². The minimum Gasteiger partial charge on any atom is -0.465 e. The maximum Gasteiger partial charge on any atom is 0.349 e. The lowest BCUT2D eigenvalue weighted by molar-refractivity contribution is 0.0606. The van der Waals surface area contributed by atoms with Crippen molar-refractivity contribution in [3.05, 3.63) is 45.9 Å². The molecule has 1 aromatic heterocycles. The molecular weight excluding hydrogens is 284 g/mol. The molecule has 19 heavy (non-hydrogen) atoms. The van der Waals surface area contributed by atoms with Gasteiger partial charge in [0, 0.05) is 5.02 Å². The lowest BCUT2D eigenvalue weighted by atomic mass is 10.1. The normalized spacial score (nSPS) is 11.9. The van der Waals surface area contributed by atoms with Crippen LogP contribution in [0.25, 0.3) is 0 Å². The van der Waals surface area contributed by atoms with Crippen LogP contribution in [0.15, 0.2) is 30.5 Å². The minimum atomic E-state index is -0.371. The number of aromatic nitrogens is 1. The number of anilines is 1. The highest BCUT2D eigenvalue weighted by molar-refractivity contribution is 7.17. The van der Waals surface area contributed by atoms with Gasteiger partial charge in [0.25, 0.3) is 0 Å². The Morgan fingerprint density at radius 3 is 2.74 bits per heavy atom. The summed E-state index contributed by atoms with van der Waals surface area (Å²) in [5, 5.41) is 4.62. The first-order valence-electron chi connectivity index (χ1n) is 5.66. The van der Waals surface area contributed by atoms with Gasteiger partial charge in [-0.3, -0.25) is 0 Å². The summed E-state index contributed by atoms with van der Waals surface area (Å²) in [5.74, 6) is -0.371. The van der Waals surface area contributed by atoms with E-state index >= 15 is 0 Å². The highest BCUT2D eigenvalue weighted by Gasteiger charge is 2.12. The van der Waals surface area contributed by atoms with Crippen LogP contribution < -0.4 is 5.32 Å². The number of hydrogen-bond donors (Lipinski definition) is 1. The molecule has 0 bridgehead atoms. The first-order chi connectivity index (χ1) is 9.10. The molecule has 0 aliphatic heterocycles. The smallest absolute Gasteiger partial charge is 0.349 e. The summed E-state index contributed by atoms with van der Waals surface area (Å²) in [5.41, 5.74) is 1.10. The van der Waals surface area contributed by atoms with Gasteiger partial charge in [0.1, 0.15) is 4.88 Å². The fourth-order valence-corrected chi connectivity index (χ4v) is 2.50. The van der Waals surface area contributed by atoms with E-state index < -0.39 is 0 Å². The van der Waals surface area contributed by atoms with E-state index in [1.54, 1.807) is 0 Å². The topological polar surface area (TPSA) is 51.2 Å². The van der Waals surface area contributed by atoms with Gasteiger partial charge in [-0.05, 0) is 24.6 Å². The SMILES string of the molecule is COC(=O)c1cnc(NC(C)c2ccc(Cl)cc2)s1. The second-order valence-corrected chi connectivity index (χ2v) is 5.41. The van der Waals surface area contributed by atoms with Gasteiger partial charge in [-0.25, -0.2) is 9.78 Å². The standard InChI is InChI=1S/C13H13ClN2O2S/c1-8(9-3-5-10(14)6-4-9)16-13-15-7-11(19-13)12(17)18-2/h3-8H,1-2H3,(H,15,16). The summed E-state index contributed by atoms with van der Waals surface area (Å²) in [4.78, 5) is 16.0. The lowest BCUT2D eigenvalue weighted by Crippen LogP contribution is -2.05. The summed E-state index contributed by atoms with van der Waals surface area (Å²) in [6.07, 6.45) is 1.51. The molecule has 4 nitrogen and oxygen atoms in total. The monoisotopic (exact) mass is 296 g/mol. The van der Waals surface area contributed by atoms with Gasteiger partial charge in [0.15, 0.2) is 5.13 Å². The highest BCUT2D eigenvalue weighted by atomic mass is 35.5. The molecule has 1 unspecified atom stereocenters. The van der Waals surface area contributed by atoms with Crippen molar-refractivity contribution in [3.8, 4) is 0 Å². The van der Waals surface area contributed by atoms with Crippen LogP contribution in [0.2, 0.25) is 5.02 Å². The van der Waals surface area contributed by atoms with Crippen LogP contribution in [-0.2, 0) is 4.74 Å². The number of esters is 1. The summed E-state index contributed by atoms with van der Waals surface area (Å²) in [6, 6.07) is 7.67. The Bertz CT molecular complexity index is 568. The molecule has 0 saturated carbocycles. The zero-order chi connectivity index (χ0) is 13.8. The number of rotatable bonds is 4. The molecule has 2 aromatic rings. The Kier molecular flexibility index (Phi) is 4.39. The second-order valence-electron chi connectivity index (χ2n) is 3.94. The second kappa shape index (κ2) is 6.04. The number of ether oxygens (including phenoxy) is 1. The Hall–Kier alpha value is -1.59. The van der Waals surface area contributed by atoms with E-state index in [0.29, 0.717) is 15.0 Å². The number of nitrogens with one attached hydrogen (secondary N) is 1. The van der Waals surface area contributed by atoms with Gasteiger partial charge in [-0.2, -0.15) is 0 Å². The maximum absolute atomic E-state index is 11.3. The Morgan fingerprint density at radius 2 is 2.11 bits per heavy atom. The molecule has 1 aromatic carbocycles. The molecule has 0 aliphatic carbocycles. The van der Waals surface area contributed by atoms with Gasteiger partial charge in [-0.15, -0.1) is 0 Å². The van der Waals surface area contributed by atoms with Gasteiger partial charge in [-0.1, -0.05) is 35.1 Å². The number of halogens is 1. The van der Waals surface area contributed by atoms with Gasteiger partial charge < -0.3 is 10.1 Å². The number of methoxy groups -OCH3 is 1. The van der Waals surface area contributed by atoms with Gasteiger partial charge in [0.2, 0.25) is 0 Å². The molecule has 100 valence electrons. The third-order valence-electron chi connectivity index (χ3n) is 2.60. The molecule has 0 fully saturated rings. The zero-order valence-electron chi connectivity index (χ0n) is 10.5. The molecule has 1 atom stereocenters. The fraction of sp³-hybridized carbons (Fsp3) is 0.231. The first-order valence-corrected chi connectivity index (χ1v) is 6.85.